The maximum Gasteiger partial charge on any atom is 0.329 e. The van der Waals surface area contributed by atoms with Gasteiger partial charge >= 0.3 is 17.9 Å². The van der Waals surface area contributed by atoms with Gasteiger partial charge in [-0.25, -0.2) is 0 Å². The summed E-state index contributed by atoms with van der Waals surface area (Å²) in [4.78, 5) is 38.4. The van der Waals surface area contributed by atoms with Crippen molar-refractivity contribution >= 4 is 24.0 Å². The van der Waals surface area contributed by atoms with Gasteiger partial charge in [-0.15, -0.1) is 0 Å². The van der Waals surface area contributed by atoms with E-state index >= 15 is 0 Å². The lowest BCUT2D eigenvalue weighted by Gasteiger charge is -2.17. The van der Waals surface area contributed by atoms with Gasteiger partial charge in [-0.2, -0.15) is 5.26 Å². The van der Waals surface area contributed by atoms with Crippen molar-refractivity contribution in [3.63, 3.8) is 0 Å². The largest absolute Gasteiger partial charge is 0.465 e. The second kappa shape index (κ2) is 8.70. The Morgan fingerprint density at radius 3 is 1.93 bits per heavy atom. The summed E-state index contributed by atoms with van der Waals surface area (Å²) in [6.45, 7) is 4.70. The van der Waals surface area contributed by atoms with Gasteiger partial charge in [0, 0.05) is 5.92 Å². The fourth-order valence-electron chi connectivity index (χ4n) is 3.45. The molecule has 0 spiro atoms. The first-order valence-corrected chi connectivity index (χ1v) is 9.13. The maximum absolute atomic E-state index is 12.8. The van der Waals surface area contributed by atoms with E-state index in [1.165, 1.54) is 6.08 Å². The van der Waals surface area contributed by atoms with Crippen LogP contribution in [0.4, 0.5) is 0 Å². The minimum atomic E-state index is -2.09. The molecule has 28 heavy (non-hydrogen) atoms. The molecule has 7 nitrogen and oxygen atoms in total. The highest BCUT2D eigenvalue weighted by Gasteiger charge is 2.91. The second-order valence-electron chi connectivity index (χ2n) is 6.14. The van der Waals surface area contributed by atoms with E-state index in [1.54, 1.807) is 26.8 Å². The molecule has 0 aliphatic heterocycles. The van der Waals surface area contributed by atoms with Gasteiger partial charge in [0.2, 0.25) is 5.41 Å². The summed E-state index contributed by atoms with van der Waals surface area (Å²) in [5, 5.41) is 9.89. The minimum absolute atomic E-state index is 0.000879. The van der Waals surface area contributed by atoms with Gasteiger partial charge in [0.1, 0.15) is 0 Å². The van der Waals surface area contributed by atoms with Gasteiger partial charge in [-0.05, 0) is 26.3 Å². The van der Waals surface area contributed by atoms with E-state index in [-0.39, 0.29) is 19.8 Å². The van der Waals surface area contributed by atoms with Crippen molar-refractivity contribution in [1.29, 1.82) is 5.26 Å². The fraction of sp³-hybridized carbons (Fsp3) is 0.429. The molecule has 7 heteroatoms. The third-order valence-corrected chi connectivity index (χ3v) is 4.72. The smallest absolute Gasteiger partial charge is 0.329 e. The van der Waals surface area contributed by atoms with Crippen molar-refractivity contribution in [2.45, 2.75) is 20.8 Å². The zero-order valence-corrected chi connectivity index (χ0v) is 16.1. The molecule has 1 fully saturated rings. The molecule has 148 valence electrons. The summed E-state index contributed by atoms with van der Waals surface area (Å²) in [6, 6.07) is 11.0. The quantitative estimate of drug-likeness (QED) is 0.385. The van der Waals surface area contributed by atoms with Gasteiger partial charge < -0.3 is 14.2 Å². The van der Waals surface area contributed by atoms with Gasteiger partial charge in [-0.1, -0.05) is 42.5 Å². The topological polar surface area (TPSA) is 103 Å². The summed E-state index contributed by atoms with van der Waals surface area (Å²) in [7, 11) is 0. The molecule has 0 saturated heterocycles. The van der Waals surface area contributed by atoms with E-state index in [2.05, 4.69) is 0 Å². The SMILES string of the molecule is CCOC(=O)C1(C#N)C(/C=C/c2ccccc2)C1(C(=O)OCC)C(=O)OCC. The van der Waals surface area contributed by atoms with E-state index in [9.17, 15) is 19.6 Å². The van der Waals surface area contributed by atoms with Crippen molar-refractivity contribution in [3.05, 3.63) is 42.0 Å². The number of esters is 3. The maximum atomic E-state index is 12.8. The van der Waals surface area contributed by atoms with Crippen molar-refractivity contribution in [2.75, 3.05) is 19.8 Å². The van der Waals surface area contributed by atoms with Crippen molar-refractivity contribution in [1.82, 2.24) is 0 Å². The lowest BCUT2D eigenvalue weighted by Crippen LogP contribution is -2.39. The Morgan fingerprint density at radius 1 is 0.964 bits per heavy atom. The fourth-order valence-corrected chi connectivity index (χ4v) is 3.45. The van der Waals surface area contributed by atoms with Gasteiger partial charge in [-0.3, -0.25) is 14.4 Å². The lowest BCUT2D eigenvalue weighted by molar-refractivity contribution is -0.170. The number of benzene rings is 1. The van der Waals surface area contributed by atoms with Crippen LogP contribution >= 0.6 is 0 Å². The Bertz CT molecular complexity index is 792. The number of nitrogens with zero attached hydrogens (tertiary/aromatic N) is 1. The summed E-state index contributed by atoms with van der Waals surface area (Å²) < 4.78 is 15.2. The van der Waals surface area contributed by atoms with E-state index in [0.29, 0.717) is 0 Å². The summed E-state index contributed by atoms with van der Waals surface area (Å²) in [6.07, 6.45) is 3.15. The Morgan fingerprint density at radius 2 is 1.46 bits per heavy atom. The van der Waals surface area contributed by atoms with E-state index in [4.69, 9.17) is 14.2 Å². The third kappa shape index (κ3) is 3.15. The van der Waals surface area contributed by atoms with Crippen molar-refractivity contribution < 1.29 is 28.6 Å². The Kier molecular flexibility index (Phi) is 6.57. The molecule has 1 aromatic carbocycles. The zero-order valence-electron chi connectivity index (χ0n) is 16.1. The van der Waals surface area contributed by atoms with Crippen molar-refractivity contribution in [2.24, 2.45) is 16.7 Å². The Balaban J connectivity index is 2.60. The number of nitriles is 1. The highest BCUT2D eigenvalue weighted by Crippen LogP contribution is 2.71. The van der Waals surface area contributed by atoms with Crippen LogP contribution in [0.1, 0.15) is 26.3 Å². The second-order valence-corrected chi connectivity index (χ2v) is 6.14. The van der Waals surface area contributed by atoms with Crippen LogP contribution < -0.4 is 0 Å². The Labute approximate surface area is 163 Å². The number of carbonyl (C=O) groups is 3. The molecule has 2 atom stereocenters. The van der Waals surface area contributed by atoms with Gasteiger partial charge in [0.05, 0.1) is 25.9 Å². The third-order valence-electron chi connectivity index (χ3n) is 4.72. The summed E-state index contributed by atoms with van der Waals surface area (Å²) in [5.74, 6) is -3.94. The highest BCUT2D eigenvalue weighted by atomic mass is 16.6. The molecular formula is C21H23NO6. The van der Waals surface area contributed by atoms with Crippen LogP contribution in [0.15, 0.2) is 36.4 Å². The molecule has 0 amide bonds. The number of carbonyl (C=O) groups excluding carboxylic acids is 3. The molecule has 0 radical (unpaired) electrons. The van der Waals surface area contributed by atoms with Crippen LogP contribution in [0.5, 0.6) is 0 Å². The molecule has 1 saturated carbocycles. The number of hydrogen-bond acceptors (Lipinski definition) is 7. The van der Waals surface area contributed by atoms with Gasteiger partial charge in [0.25, 0.3) is 0 Å². The van der Waals surface area contributed by atoms with Gasteiger partial charge in [0.15, 0.2) is 5.41 Å². The molecule has 2 rings (SSSR count). The summed E-state index contributed by atoms with van der Waals surface area (Å²) >= 11 is 0. The first-order chi connectivity index (χ1) is 13.5. The standard InChI is InChI=1S/C21H23NO6/c1-4-26-17(23)20(14-22)16(13-12-15-10-8-7-9-11-15)21(20,18(24)27-5-2)19(25)28-6-3/h7-13,16H,4-6H2,1-3H3/b13-12+. The normalized spacial score (nSPS) is 22.1. The number of hydrogen-bond donors (Lipinski definition) is 0. The minimum Gasteiger partial charge on any atom is -0.465 e. The lowest BCUT2D eigenvalue weighted by atomic mass is 9.93. The highest BCUT2D eigenvalue weighted by molar-refractivity contribution is 6.14. The van der Waals surface area contributed by atoms with Crippen LogP contribution in [0.2, 0.25) is 0 Å². The van der Waals surface area contributed by atoms with E-state index in [0.717, 1.165) is 5.56 Å². The average molecular weight is 385 g/mol. The van der Waals surface area contributed by atoms with Crippen LogP contribution in [-0.4, -0.2) is 37.7 Å². The first kappa shape index (κ1) is 21.2. The van der Waals surface area contributed by atoms with Crippen LogP contribution in [0.25, 0.3) is 6.08 Å². The average Bonchev–Trinajstić information content (AvgIpc) is 3.32. The Hall–Kier alpha value is -3.14. The van der Waals surface area contributed by atoms with Crippen LogP contribution in [-0.2, 0) is 28.6 Å². The first-order valence-electron chi connectivity index (χ1n) is 9.13. The van der Waals surface area contributed by atoms with Crippen LogP contribution in [0.3, 0.4) is 0 Å². The monoisotopic (exact) mass is 385 g/mol. The molecular weight excluding hydrogens is 362 g/mol. The molecule has 0 aromatic heterocycles. The molecule has 1 aliphatic carbocycles. The number of ether oxygens (including phenoxy) is 3. The number of rotatable bonds is 8. The predicted octanol–water partition coefficient (Wildman–Crippen LogP) is 2.52. The molecule has 1 aromatic rings. The molecule has 0 N–H and O–H groups in total. The molecule has 2 unspecified atom stereocenters. The van der Waals surface area contributed by atoms with E-state index < -0.39 is 34.7 Å². The van der Waals surface area contributed by atoms with Crippen LogP contribution in [0, 0.1) is 28.1 Å². The zero-order chi connectivity index (χ0) is 20.8. The number of allylic oxidation sites excluding steroid dienone is 1. The molecule has 0 heterocycles. The van der Waals surface area contributed by atoms with Crippen molar-refractivity contribution in [3.8, 4) is 6.07 Å². The van der Waals surface area contributed by atoms with E-state index in [1.807, 2.05) is 36.4 Å². The molecule has 0 bridgehead atoms. The predicted molar refractivity (Wildman–Crippen MR) is 99.3 cm³/mol. The summed E-state index contributed by atoms with van der Waals surface area (Å²) in [5.41, 5.74) is -3.34. The molecule has 1 aliphatic rings.